The number of methoxy groups -OCH3 is 1. The van der Waals surface area contributed by atoms with Gasteiger partial charge in [-0.2, -0.15) is 0 Å². The molecule has 6 heteroatoms. The number of hydrogen-bond acceptors (Lipinski definition) is 4. The van der Waals surface area contributed by atoms with Crippen molar-refractivity contribution in [2.75, 3.05) is 20.2 Å². The van der Waals surface area contributed by atoms with E-state index in [0.717, 1.165) is 30.5 Å². The van der Waals surface area contributed by atoms with E-state index in [0.29, 0.717) is 13.0 Å². The van der Waals surface area contributed by atoms with Crippen LogP contribution in [0.3, 0.4) is 0 Å². The molecule has 0 radical (unpaired) electrons. The predicted octanol–water partition coefficient (Wildman–Crippen LogP) is 0.920. The second kappa shape index (κ2) is 6.89. The molecular weight excluding hydrogens is 280 g/mol. The van der Waals surface area contributed by atoms with Crippen LogP contribution in [0.2, 0.25) is 0 Å². The summed E-state index contributed by atoms with van der Waals surface area (Å²) in [7, 11) is 1.70. The minimum Gasteiger partial charge on any atom is -0.379 e. The summed E-state index contributed by atoms with van der Waals surface area (Å²) in [6, 6.07) is 7.99. The lowest BCUT2D eigenvalue weighted by Gasteiger charge is -2.31. The van der Waals surface area contributed by atoms with Gasteiger partial charge in [0.2, 0.25) is 5.91 Å². The smallest absolute Gasteiger partial charge is 0.222 e. The Morgan fingerprint density at radius 3 is 3.23 bits per heavy atom. The standard InChI is InChI=1S/C16H22N4O2/c1-22-15-6-8-17-10-13(15)19-16(21)7-9-20-11-18-12-4-2-3-5-14(12)20/h2-5,11,13,15,17H,6-10H2,1H3,(H,19,21)/t13-,15+/m0/s1. The highest BCUT2D eigenvalue weighted by Gasteiger charge is 2.25. The molecule has 1 aromatic heterocycles. The number of amides is 1. The number of para-hydroxylation sites is 2. The first-order valence-electron chi connectivity index (χ1n) is 7.70. The van der Waals surface area contributed by atoms with Crippen LogP contribution < -0.4 is 10.6 Å². The third kappa shape index (κ3) is 3.28. The Hall–Kier alpha value is -1.92. The van der Waals surface area contributed by atoms with Gasteiger partial charge in [-0.3, -0.25) is 4.79 Å². The molecular formula is C16H22N4O2. The number of hydrogen-bond donors (Lipinski definition) is 2. The van der Waals surface area contributed by atoms with Crippen LogP contribution >= 0.6 is 0 Å². The third-order valence-electron chi connectivity index (χ3n) is 4.17. The maximum Gasteiger partial charge on any atom is 0.222 e. The van der Waals surface area contributed by atoms with E-state index in [1.807, 2.05) is 28.8 Å². The van der Waals surface area contributed by atoms with Crippen molar-refractivity contribution in [1.29, 1.82) is 0 Å². The zero-order valence-electron chi connectivity index (χ0n) is 12.8. The Bertz CT molecular complexity index is 640. The van der Waals surface area contributed by atoms with Gasteiger partial charge in [0.15, 0.2) is 0 Å². The molecule has 22 heavy (non-hydrogen) atoms. The van der Waals surface area contributed by atoms with Gasteiger partial charge in [-0.25, -0.2) is 4.98 Å². The van der Waals surface area contributed by atoms with E-state index in [1.54, 1.807) is 13.4 Å². The molecule has 1 saturated heterocycles. The predicted molar refractivity (Wildman–Crippen MR) is 84.6 cm³/mol. The molecule has 6 nitrogen and oxygen atoms in total. The summed E-state index contributed by atoms with van der Waals surface area (Å²) < 4.78 is 7.46. The largest absolute Gasteiger partial charge is 0.379 e. The second-order valence-electron chi connectivity index (χ2n) is 5.62. The number of rotatable bonds is 5. The summed E-state index contributed by atoms with van der Waals surface area (Å²) in [5.74, 6) is 0.0496. The van der Waals surface area contributed by atoms with E-state index < -0.39 is 0 Å². The van der Waals surface area contributed by atoms with E-state index in [4.69, 9.17) is 4.74 Å². The van der Waals surface area contributed by atoms with Crippen LogP contribution in [0.15, 0.2) is 30.6 Å². The number of nitrogens with zero attached hydrogens (tertiary/aromatic N) is 2. The average Bonchev–Trinajstić information content (AvgIpc) is 2.97. The lowest BCUT2D eigenvalue weighted by atomic mass is 10.0. The van der Waals surface area contributed by atoms with E-state index in [9.17, 15) is 4.79 Å². The molecule has 3 rings (SSSR count). The topological polar surface area (TPSA) is 68.2 Å². The van der Waals surface area contributed by atoms with Crippen LogP contribution in [0.25, 0.3) is 11.0 Å². The Kier molecular flexibility index (Phi) is 4.70. The maximum absolute atomic E-state index is 12.2. The minimum absolute atomic E-state index is 0.0470. The van der Waals surface area contributed by atoms with Crippen molar-refractivity contribution in [2.45, 2.75) is 31.5 Å². The van der Waals surface area contributed by atoms with Gasteiger partial charge < -0.3 is 19.9 Å². The summed E-state index contributed by atoms with van der Waals surface area (Å²) in [4.78, 5) is 16.5. The number of ether oxygens (including phenoxy) is 1. The van der Waals surface area contributed by atoms with Crippen molar-refractivity contribution < 1.29 is 9.53 Å². The molecule has 1 aliphatic rings. The minimum atomic E-state index is 0.0470. The summed E-state index contributed by atoms with van der Waals surface area (Å²) in [5, 5.41) is 6.36. The molecule has 118 valence electrons. The van der Waals surface area contributed by atoms with Gasteiger partial charge in [0.25, 0.3) is 0 Å². The molecule has 2 heterocycles. The SMILES string of the molecule is CO[C@@H]1CCNC[C@@H]1NC(=O)CCn1cnc2ccccc21. The number of imidazole rings is 1. The monoisotopic (exact) mass is 302 g/mol. The third-order valence-corrected chi connectivity index (χ3v) is 4.17. The van der Waals surface area contributed by atoms with E-state index in [1.165, 1.54) is 0 Å². The van der Waals surface area contributed by atoms with Gasteiger partial charge in [0.05, 0.1) is 29.5 Å². The molecule has 1 aromatic carbocycles. The van der Waals surface area contributed by atoms with Crippen LogP contribution in [0.1, 0.15) is 12.8 Å². The van der Waals surface area contributed by atoms with E-state index in [-0.39, 0.29) is 18.1 Å². The summed E-state index contributed by atoms with van der Waals surface area (Å²) >= 11 is 0. The fourth-order valence-electron chi connectivity index (χ4n) is 2.95. The number of carbonyl (C=O) groups is 1. The van der Waals surface area contributed by atoms with Crippen molar-refractivity contribution >= 4 is 16.9 Å². The first kappa shape index (κ1) is 15.0. The first-order chi connectivity index (χ1) is 10.8. The van der Waals surface area contributed by atoms with Gasteiger partial charge in [0, 0.05) is 26.6 Å². The van der Waals surface area contributed by atoms with Gasteiger partial charge in [0.1, 0.15) is 0 Å². The fraction of sp³-hybridized carbons (Fsp3) is 0.500. The van der Waals surface area contributed by atoms with Crippen LogP contribution in [0, 0.1) is 0 Å². The van der Waals surface area contributed by atoms with Crippen molar-refractivity contribution in [3.8, 4) is 0 Å². The van der Waals surface area contributed by atoms with Crippen LogP contribution in [-0.2, 0) is 16.1 Å². The highest BCUT2D eigenvalue weighted by atomic mass is 16.5. The summed E-state index contributed by atoms with van der Waals surface area (Å²) in [6.45, 7) is 2.33. The average molecular weight is 302 g/mol. The molecule has 1 aliphatic heterocycles. The number of benzene rings is 1. The first-order valence-corrected chi connectivity index (χ1v) is 7.70. The molecule has 0 saturated carbocycles. The summed E-state index contributed by atoms with van der Waals surface area (Å²) in [5.41, 5.74) is 2.02. The second-order valence-corrected chi connectivity index (χ2v) is 5.62. The number of carbonyl (C=O) groups excluding carboxylic acids is 1. The van der Waals surface area contributed by atoms with Crippen LogP contribution in [0.5, 0.6) is 0 Å². The fourth-order valence-corrected chi connectivity index (χ4v) is 2.95. The maximum atomic E-state index is 12.2. The van der Waals surface area contributed by atoms with Gasteiger partial charge in [-0.1, -0.05) is 12.1 Å². The van der Waals surface area contributed by atoms with Crippen molar-refractivity contribution in [1.82, 2.24) is 20.2 Å². The van der Waals surface area contributed by atoms with Gasteiger partial charge >= 0.3 is 0 Å². The lowest BCUT2D eigenvalue weighted by molar-refractivity contribution is -0.123. The molecule has 2 aromatic rings. The molecule has 2 atom stereocenters. The Labute approximate surface area is 129 Å². The number of aromatic nitrogens is 2. The number of nitrogens with one attached hydrogen (secondary N) is 2. The van der Waals surface area contributed by atoms with E-state index in [2.05, 4.69) is 15.6 Å². The number of piperidine rings is 1. The molecule has 0 bridgehead atoms. The lowest BCUT2D eigenvalue weighted by Crippen LogP contribution is -2.54. The Morgan fingerprint density at radius 1 is 1.50 bits per heavy atom. The van der Waals surface area contributed by atoms with Crippen molar-refractivity contribution in [2.24, 2.45) is 0 Å². The van der Waals surface area contributed by atoms with Crippen molar-refractivity contribution in [3.63, 3.8) is 0 Å². The van der Waals surface area contributed by atoms with Gasteiger partial charge in [-0.15, -0.1) is 0 Å². The van der Waals surface area contributed by atoms with Gasteiger partial charge in [-0.05, 0) is 25.1 Å². The molecule has 1 amide bonds. The molecule has 0 spiro atoms. The molecule has 1 fully saturated rings. The highest BCUT2D eigenvalue weighted by molar-refractivity contribution is 5.77. The van der Waals surface area contributed by atoms with Crippen molar-refractivity contribution in [3.05, 3.63) is 30.6 Å². The zero-order chi connectivity index (χ0) is 15.4. The number of aryl methyl sites for hydroxylation is 1. The molecule has 2 N–H and O–H groups in total. The zero-order valence-corrected chi connectivity index (χ0v) is 12.8. The Balaban J connectivity index is 1.56. The summed E-state index contributed by atoms with van der Waals surface area (Å²) in [6.07, 6.45) is 3.25. The van der Waals surface area contributed by atoms with E-state index >= 15 is 0 Å². The normalized spacial score (nSPS) is 21.9. The van der Waals surface area contributed by atoms with Crippen LogP contribution in [-0.4, -0.2) is 47.8 Å². The quantitative estimate of drug-likeness (QED) is 0.862. The highest BCUT2D eigenvalue weighted by Crippen LogP contribution is 2.12. The molecule has 0 unspecified atom stereocenters. The van der Waals surface area contributed by atoms with Crippen LogP contribution in [0.4, 0.5) is 0 Å². The number of fused-ring (bicyclic) bond motifs is 1. The molecule has 0 aliphatic carbocycles. The Morgan fingerprint density at radius 2 is 2.36 bits per heavy atom.